The van der Waals surface area contributed by atoms with Gasteiger partial charge in [0.15, 0.2) is 5.11 Å². The lowest BCUT2D eigenvalue weighted by molar-refractivity contribution is 0.414. The molecular formula is C16H17BrN2OS. The van der Waals surface area contributed by atoms with Crippen molar-refractivity contribution >= 4 is 38.9 Å². The molecular weight excluding hydrogens is 348 g/mol. The summed E-state index contributed by atoms with van der Waals surface area (Å²) in [5.74, 6) is 0.849. The highest BCUT2D eigenvalue weighted by molar-refractivity contribution is 9.10. The van der Waals surface area contributed by atoms with Crippen molar-refractivity contribution in [2.45, 2.75) is 13.0 Å². The lowest BCUT2D eigenvalue weighted by atomic mass is 10.1. The Morgan fingerprint density at radius 2 is 1.71 bits per heavy atom. The average molecular weight is 365 g/mol. The van der Waals surface area contributed by atoms with E-state index in [1.54, 1.807) is 7.11 Å². The molecule has 0 unspecified atom stereocenters. The standard InChI is InChI=1S/C16H17BrN2OS/c1-11(12-3-9-15(20-2)10-4-12)18-16(21)19-14-7-5-13(17)6-8-14/h3-11H,1-2H3,(H2,18,19,21)/t11-/m0/s1. The van der Waals surface area contributed by atoms with E-state index in [9.17, 15) is 0 Å². The van der Waals surface area contributed by atoms with Gasteiger partial charge in [0.1, 0.15) is 5.75 Å². The van der Waals surface area contributed by atoms with Crippen LogP contribution in [0.25, 0.3) is 0 Å². The summed E-state index contributed by atoms with van der Waals surface area (Å²) >= 11 is 8.74. The van der Waals surface area contributed by atoms with Gasteiger partial charge in [0, 0.05) is 10.2 Å². The van der Waals surface area contributed by atoms with Crippen LogP contribution in [-0.4, -0.2) is 12.2 Å². The van der Waals surface area contributed by atoms with Gasteiger partial charge in [-0.2, -0.15) is 0 Å². The highest BCUT2D eigenvalue weighted by Gasteiger charge is 2.07. The molecule has 0 saturated heterocycles. The summed E-state index contributed by atoms with van der Waals surface area (Å²) in [5, 5.41) is 7.03. The topological polar surface area (TPSA) is 33.3 Å². The van der Waals surface area contributed by atoms with Crippen LogP contribution in [0.2, 0.25) is 0 Å². The van der Waals surface area contributed by atoms with Gasteiger partial charge in [-0.05, 0) is 61.1 Å². The molecule has 0 aliphatic heterocycles. The van der Waals surface area contributed by atoms with Crippen LogP contribution in [0.1, 0.15) is 18.5 Å². The number of anilines is 1. The summed E-state index contributed by atoms with van der Waals surface area (Å²) in [6.45, 7) is 2.07. The van der Waals surface area contributed by atoms with Crippen molar-refractivity contribution in [1.29, 1.82) is 0 Å². The second-order valence-electron chi connectivity index (χ2n) is 4.60. The monoisotopic (exact) mass is 364 g/mol. The number of ether oxygens (including phenoxy) is 1. The first-order chi connectivity index (χ1) is 10.1. The maximum Gasteiger partial charge on any atom is 0.171 e. The van der Waals surface area contributed by atoms with Crippen molar-refractivity contribution in [3.8, 4) is 5.75 Å². The second-order valence-corrected chi connectivity index (χ2v) is 5.92. The number of hydrogen-bond donors (Lipinski definition) is 2. The van der Waals surface area contributed by atoms with E-state index in [0.29, 0.717) is 5.11 Å². The van der Waals surface area contributed by atoms with Crippen LogP contribution in [0.4, 0.5) is 5.69 Å². The summed E-state index contributed by atoms with van der Waals surface area (Å²) in [6.07, 6.45) is 0. The molecule has 3 nitrogen and oxygen atoms in total. The number of methoxy groups -OCH3 is 1. The van der Waals surface area contributed by atoms with Crippen molar-refractivity contribution in [1.82, 2.24) is 5.32 Å². The molecule has 0 radical (unpaired) electrons. The molecule has 5 heteroatoms. The van der Waals surface area contributed by atoms with E-state index < -0.39 is 0 Å². The molecule has 0 amide bonds. The molecule has 21 heavy (non-hydrogen) atoms. The minimum Gasteiger partial charge on any atom is -0.497 e. The number of nitrogens with one attached hydrogen (secondary N) is 2. The van der Waals surface area contributed by atoms with Gasteiger partial charge in [-0.25, -0.2) is 0 Å². The Morgan fingerprint density at radius 1 is 1.10 bits per heavy atom. The zero-order chi connectivity index (χ0) is 15.2. The van der Waals surface area contributed by atoms with Gasteiger partial charge in [-0.1, -0.05) is 28.1 Å². The molecule has 0 aromatic heterocycles. The summed E-state index contributed by atoms with van der Waals surface area (Å²) in [4.78, 5) is 0. The van der Waals surface area contributed by atoms with E-state index in [2.05, 4.69) is 33.5 Å². The van der Waals surface area contributed by atoms with Crippen molar-refractivity contribution in [3.05, 3.63) is 58.6 Å². The highest BCUT2D eigenvalue weighted by atomic mass is 79.9. The molecule has 110 valence electrons. The zero-order valence-electron chi connectivity index (χ0n) is 11.9. The van der Waals surface area contributed by atoms with E-state index in [0.717, 1.165) is 21.5 Å². The minimum atomic E-state index is 0.117. The molecule has 2 aromatic carbocycles. The third-order valence-corrected chi connectivity index (χ3v) is 3.81. The fraction of sp³-hybridized carbons (Fsp3) is 0.188. The summed E-state index contributed by atoms with van der Waals surface area (Å²) in [5.41, 5.74) is 2.10. The van der Waals surface area contributed by atoms with Crippen molar-refractivity contribution in [2.24, 2.45) is 0 Å². The molecule has 0 fully saturated rings. The summed E-state index contributed by atoms with van der Waals surface area (Å²) < 4.78 is 6.20. The van der Waals surface area contributed by atoms with E-state index >= 15 is 0 Å². The zero-order valence-corrected chi connectivity index (χ0v) is 14.3. The number of rotatable bonds is 4. The molecule has 2 aromatic rings. The van der Waals surface area contributed by atoms with Crippen LogP contribution in [-0.2, 0) is 0 Å². The molecule has 0 spiro atoms. The van der Waals surface area contributed by atoms with Crippen LogP contribution in [0.3, 0.4) is 0 Å². The predicted molar refractivity (Wildman–Crippen MR) is 94.9 cm³/mol. The Labute approximate surface area is 138 Å². The lowest BCUT2D eigenvalue weighted by Crippen LogP contribution is -2.30. The predicted octanol–water partition coefficient (Wildman–Crippen LogP) is 4.51. The maximum atomic E-state index is 5.34. The van der Waals surface area contributed by atoms with Crippen molar-refractivity contribution in [2.75, 3.05) is 12.4 Å². The molecule has 0 heterocycles. The summed E-state index contributed by atoms with van der Waals surface area (Å²) in [7, 11) is 1.66. The van der Waals surface area contributed by atoms with E-state index in [1.165, 1.54) is 0 Å². The van der Waals surface area contributed by atoms with Gasteiger partial charge in [0.25, 0.3) is 0 Å². The number of benzene rings is 2. The first-order valence-electron chi connectivity index (χ1n) is 6.55. The molecule has 0 aliphatic rings. The lowest BCUT2D eigenvalue weighted by Gasteiger charge is -2.17. The van der Waals surface area contributed by atoms with Gasteiger partial charge in [0.05, 0.1) is 13.2 Å². The van der Waals surface area contributed by atoms with Crippen LogP contribution < -0.4 is 15.4 Å². The van der Waals surface area contributed by atoms with Gasteiger partial charge in [-0.3, -0.25) is 0 Å². The SMILES string of the molecule is COc1ccc([C@H](C)NC(=S)Nc2ccc(Br)cc2)cc1. The molecule has 0 aliphatic carbocycles. The quantitative estimate of drug-likeness (QED) is 0.782. The van der Waals surface area contributed by atoms with E-state index in [-0.39, 0.29) is 6.04 Å². The van der Waals surface area contributed by atoms with Crippen LogP contribution >= 0.6 is 28.1 Å². The smallest absolute Gasteiger partial charge is 0.171 e. The van der Waals surface area contributed by atoms with Gasteiger partial charge in [0.2, 0.25) is 0 Å². The van der Waals surface area contributed by atoms with Crippen LogP contribution in [0, 0.1) is 0 Å². The third-order valence-electron chi connectivity index (χ3n) is 3.07. The Kier molecular flexibility index (Phi) is 5.59. The first-order valence-corrected chi connectivity index (χ1v) is 7.75. The summed E-state index contributed by atoms with van der Waals surface area (Å²) in [6, 6.07) is 15.9. The second kappa shape index (κ2) is 7.43. The van der Waals surface area contributed by atoms with Crippen molar-refractivity contribution in [3.63, 3.8) is 0 Å². The normalized spacial score (nSPS) is 11.6. The minimum absolute atomic E-state index is 0.117. The van der Waals surface area contributed by atoms with Gasteiger partial charge >= 0.3 is 0 Å². The fourth-order valence-electron chi connectivity index (χ4n) is 1.87. The third kappa shape index (κ3) is 4.72. The number of thiocarbonyl (C=S) groups is 1. The number of hydrogen-bond acceptors (Lipinski definition) is 2. The largest absolute Gasteiger partial charge is 0.497 e. The van der Waals surface area contributed by atoms with Gasteiger partial charge in [-0.15, -0.1) is 0 Å². The Bertz CT molecular complexity index is 599. The van der Waals surface area contributed by atoms with E-state index in [4.69, 9.17) is 17.0 Å². The highest BCUT2D eigenvalue weighted by Crippen LogP contribution is 2.18. The molecule has 2 rings (SSSR count). The Hall–Kier alpha value is -1.59. The fourth-order valence-corrected chi connectivity index (χ4v) is 2.43. The first kappa shape index (κ1) is 15.8. The Morgan fingerprint density at radius 3 is 2.29 bits per heavy atom. The van der Waals surface area contributed by atoms with Crippen LogP contribution in [0.15, 0.2) is 53.0 Å². The molecule has 2 N–H and O–H groups in total. The Balaban J connectivity index is 1.93. The number of halogens is 1. The van der Waals surface area contributed by atoms with Gasteiger partial charge < -0.3 is 15.4 Å². The van der Waals surface area contributed by atoms with Crippen LogP contribution in [0.5, 0.6) is 5.75 Å². The maximum absolute atomic E-state index is 5.34. The molecule has 1 atom stereocenters. The van der Waals surface area contributed by atoms with E-state index in [1.807, 2.05) is 48.5 Å². The molecule has 0 bridgehead atoms. The average Bonchev–Trinajstić information content (AvgIpc) is 2.49. The molecule has 0 saturated carbocycles. The van der Waals surface area contributed by atoms with Crippen molar-refractivity contribution < 1.29 is 4.74 Å².